The predicted octanol–water partition coefficient (Wildman–Crippen LogP) is 5.68. The van der Waals surface area contributed by atoms with E-state index in [1.807, 2.05) is 48.5 Å². The maximum Gasteiger partial charge on any atom is 0.351 e. The zero-order valence-corrected chi connectivity index (χ0v) is 16.1. The van der Waals surface area contributed by atoms with E-state index in [9.17, 15) is 4.57 Å². The largest absolute Gasteiger partial charge is 0.351 e. The Balaban J connectivity index is 2.00. The van der Waals surface area contributed by atoms with E-state index in [2.05, 4.69) is 36.5 Å². The van der Waals surface area contributed by atoms with Crippen molar-refractivity contribution < 1.29 is 13.6 Å². The first-order valence-corrected chi connectivity index (χ1v) is 10.2. The van der Waals surface area contributed by atoms with E-state index in [0.717, 1.165) is 11.1 Å². The summed E-state index contributed by atoms with van der Waals surface area (Å²) in [7, 11) is -0.517. The van der Waals surface area contributed by atoms with Crippen LogP contribution in [0, 0.1) is 0 Å². The van der Waals surface area contributed by atoms with Gasteiger partial charge in [0.05, 0.1) is 0 Å². The van der Waals surface area contributed by atoms with Gasteiger partial charge in [0.25, 0.3) is 0 Å². The Hall–Kier alpha value is -1.97. The summed E-state index contributed by atoms with van der Waals surface area (Å²) in [4.78, 5) is 0. The van der Waals surface area contributed by atoms with Gasteiger partial charge in [-0.25, -0.2) is 0 Å². The monoisotopic (exact) mass is 369 g/mol. The van der Waals surface area contributed by atoms with Gasteiger partial charge >= 0.3 is 7.60 Å². The summed E-state index contributed by atoms with van der Waals surface area (Å²) in [6, 6.07) is 24.1. The van der Waals surface area contributed by atoms with E-state index in [-0.39, 0.29) is 6.04 Å². The van der Waals surface area contributed by atoms with Crippen molar-refractivity contribution in [3.63, 3.8) is 0 Å². The third kappa shape index (κ3) is 3.74. The van der Waals surface area contributed by atoms with Crippen LogP contribution in [0.3, 0.4) is 0 Å². The summed E-state index contributed by atoms with van der Waals surface area (Å²) in [5.41, 5.74) is 2.01. The fraction of sp³-hybridized carbons (Fsp3) is 0.238. The fourth-order valence-corrected chi connectivity index (χ4v) is 4.76. The number of fused-ring (bicyclic) bond motifs is 1. The lowest BCUT2D eigenvalue weighted by Crippen LogP contribution is -2.26. The zero-order chi connectivity index (χ0) is 18.6. The molecule has 0 amide bonds. The molecule has 3 aromatic carbocycles. The maximum atomic E-state index is 13.2. The number of hydrogen-bond acceptors (Lipinski definition) is 4. The average Bonchev–Trinajstić information content (AvgIpc) is 2.71. The molecular weight excluding hydrogens is 345 g/mol. The Kier molecular flexibility index (Phi) is 5.90. The van der Waals surface area contributed by atoms with E-state index in [1.54, 1.807) is 0 Å². The SMILES string of the molecule is COP(=O)(OC)[C@@H](N[C@@H](C)c1cccc2ccccc12)c1ccccc1. The van der Waals surface area contributed by atoms with Crippen LogP contribution in [0.5, 0.6) is 0 Å². The number of rotatable bonds is 7. The Morgan fingerprint density at radius 1 is 0.846 bits per heavy atom. The Labute approximate surface area is 154 Å². The molecule has 0 aliphatic rings. The van der Waals surface area contributed by atoms with Crippen molar-refractivity contribution in [3.05, 3.63) is 83.9 Å². The van der Waals surface area contributed by atoms with Crippen molar-refractivity contribution >= 4 is 18.4 Å². The summed E-state index contributed by atoms with van der Waals surface area (Å²) < 4.78 is 23.8. The first-order chi connectivity index (χ1) is 12.6. The Bertz CT molecular complexity index is 900. The molecule has 0 saturated carbocycles. The second-order valence-corrected chi connectivity index (χ2v) is 8.50. The van der Waals surface area contributed by atoms with Crippen molar-refractivity contribution in [1.82, 2.24) is 5.32 Å². The first-order valence-electron chi connectivity index (χ1n) is 8.59. The van der Waals surface area contributed by atoms with Crippen molar-refractivity contribution in [2.75, 3.05) is 14.2 Å². The molecule has 0 fully saturated rings. The highest BCUT2D eigenvalue weighted by atomic mass is 31.2. The van der Waals surface area contributed by atoms with E-state index >= 15 is 0 Å². The minimum absolute atomic E-state index is 0.0510. The summed E-state index contributed by atoms with van der Waals surface area (Å²) in [6.45, 7) is 2.06. The number of benzene rings is 3. The molecule has 26 heavy (non-hydrogen) atoms. The second kappa shape index (κ2) is 8.15. The van der Waals surface area contributed by atoms with Gasteiger partial charge in [0.2, 0.25) is 0 Å². The molecule has 4 nitrogen and oxygen atoms in total. The standard InChI is InChI=1S/C21H24NO3P/c1-16(19-15-9-13-17-10-7-8-14-20(17)19)22-21(26(23,24-2)25-3)18-11-5-4-6-12-18/h4-16,21-22H,1-3H3/t16-,21+/m0/s1. The van der Waals surface area contributed by atoms with Crippen LogP contribution in [-0.4, -0.2) is 14.2 Å². The number of hydrogen-bond donors (Lipinski definition) is 1. The van der Waals surface area contributed by atoms with Crippen LogP contribution in [0.4, 0.5) is 0 Å². The van der Waals surface area contributed by atoms with Gasteiger partial charge in [-0.05, 0) is 28.8 Å². The third-order valence-electron chi connectivity index (χ3n) is 4.64. The van der Waals surface area contributed by atoms with Crippen LogP contribution in [0.2, 0.25) is 0 Å². The van der Waals surface area contributed by atoms with Crippen molar-refractivity contribution in [2.24, 2.45) is 0 Å². The molecule has 0 spiro atoms. The van der Waals surface area contributed by atoms with Crippen molar-refractivity contribution in [1.29, 1.82) is 0 Å². The summed E-state index contributed by atoms with van der Waals surface area (Å²) in [6.07, 6.45) is 0. The first kappa shape index (κ1) is 18.8. The molecule has 1 N–H and O–H groups in total. The second-order valence-electron chi connectivity index (χ2n) is 6.17. The minimum atomic E-state index is -3.36. The number of nitrogens with one attached hydrogen (secondary N) is 1. The fourth-order valence-electron chi connectivity index (χ4n) is 3.25. The normalized spacial score (nSPS) is 14.3. The molecule has 0 radical (unpaired) electrons. The maximum absolute atomic E-state index is 13.2. The van der Waals surface area contributed by atoms with Crippen molar-refractivity contribution in [2.45, 2.75) is 18.7 Å². The van der Waals surface area contributed by atoms with Gasteiger partial charge in [0.1, 0.15) is 5.78 Å². The molecular formula is C21H24NO3P. The molecule has 0 aromatic heterocycles. The molecule has 0 aliphatic heterocycles. The van der Waals surface area contributed by atoms with Gasteiger partial charge in [-0.15, -0.1) is 0 Å². The Morgan fingerprint density at radius 3 is 2.15 bits per heavy atom. The zero-order valence-electron chi connectivity index (χ0n) is 15.3. The van der Waals surface area contributed by atoms with Gasteiger partial charge in [0, 0.05) is 20.3 Å². The molecule has 0 aliphatic carbocycles. The highest BCUT2D eigenvalue weighted by molar-refractivity contribution is 7.54. The molecule has 0 bridgehead atoms. The van der Waals surface area contributed by atoms with Crippen molar-refractivity contribution in [3.8, 4) is 0 Å². The molecule has 0 heterocycles. The highest BCUT2D eigenvalue weighted by Gasteiger charge is 2.36. The lowest BCUT2D eigenvalue weighted by atomic mass is 9.99. The van der Waals surface area contributed by atoms with E-state index in [4.69, 9.17) is 9.05 Å². The van der Waals surface area contributed by atoms with Crippen LogP contribution < -0.4 is 5.32 Å². The van der Waals surface area contributed by atoms with Crippen LogP contribution in [0.25, 0.3) is 10.8 Å². The topological polar surface area (TPSA) is 47.6 Å². The summed E-state index contributed by atoms with van der Waals surface area (Å²) >= 11 is 0. The van der Waals surface area contributed by atoms with Gasteiger partial charge < -0.3 is 9.05 Å². The van der Waals surface area contributed by atoms with Gasteiger partial charge in [0.15, 0.2) is 0 Å². The van der Waals surface area contributed by atoms with Gasteiger partial charge in [-0.2, -0.15) is 0 Å². The average molecular weight is 369 g/mol. The minimum Gasteiger partial charge on any atom is -0.311 e. The van der Waals surface area contributed by atoms with Crippen LogP contribution in [0.15, 0.2) is 72.8 Å². The highest BCUT2D eigenvalue weighted by Crippen LogP contribution is 2.59. The molecule has 136 valence electrons. The molecule has 0 saturated heterocycles. The smallest absolute Gasteiger partial charge is 0.311 e. The Morgan fingerprint density at radius 2 is 1.46 bits per heavy atom. The third-order valence-corrected chi connectivity index (χ3v) is 6.74. The molecule has 3 rings (SSSR count). The molecule has 3 aromatic rings. The van der Waals surface area contributed by atoms with Gasteiger partial charge in [-0.3, -0.25) is 9.88 Å². The van der Waals surface area contributed by atoms with E-state index in [0.29, 0.717) is 0 Å². The molecule has 0 unspecified atom stereocenters. The van der Waals surface area contributed by atoms with E-state index in [1.165, 1.54) is 25.0 Å². The lowest BCUT2D eigenvalue weighted by molar-refractivity contribution is 0.256. The summed E-state index contributed by atoms with van der Waals surface area (Å²) in [5.74, 6) is -0.562. The van der Waals surface area contributed by atoms with E-state index < -0.39 is 13.4 Å². The molecule has 5 heteroatoms. The lowest BCUT2D eigenvalue weighted by Gasteiger charge is -2.29. The van der Waals surface area contributed by atoms with Crippen LogP contribution >= 0.6 is 7.60 Å². The molecule has 2 atom stereocenters. The summed E-state index contributed by atoms with van der Waals surface area (Å²) in [5, 5.41) is 5.82. The van der Waals surface area contributed by atoms with Crippen LogP contribution in [-0.2, 0) is 13.6 Å². The van der Waals surface area contributed by atoms with Crippen LogP contribution in [0.1, 0.15) is 29.9 Å². The quantitative estimate of drug-likeness (QED) is 0.545. The predicted molar refractivity (Wildman–Crippen MR) is 106 cm³/mol. The van der Waals surface area contributed by atoms with Gasteiger partial charge in [-0.1, -0.05) is 72.8 Å².